The highest BCUT2D eigenvalue weighted by Crippen LogP contribution is 2.29. The van der Waals surface area contributed by atoms with Crippen molar-refractivity contribution in [2.75, 3.05) is 14.1 Å². The molecule has 1 atom stereocenters. The first-order chi connectivity index (χ1) is 12.2. The summed E-state index contributed by atoms with van der Waals surface area (Å²) in [4.78, 5) is 25.5. The zero-order valence-corrected chi connectivity index (χ0v) is 15.5. The summed E-state index contributed by atoms with van der Waals surface area (Å²) < 4.78 is 0. The third-order valence-electron chi connectivity index (χ3n) is 3.93. The van der Waals surface area contributed by atoms with Crippen molar-refractivity contribution < 1.29 is 14.7 Å². The predicted octanol–water partition coefficient (Wildman–Crippen LogP) is 2.89. The van der Waals surface area contributed by atoms with Crippen LogP contribution in [0.15, 0.2) is 59.7 Å². The maximum atomic E-state index is 12.0. The lowest BCUT2D eigenvalue weighted by Gasteiger charge is -2.19. The van der Waals surface area contributed by atoms with E-state index < -0.39 is 5.60 Å². The quantitative estimate of drug-likeness (QED) is 0.674. The van der Waals surface area contributed by atoms with Crippen molar-refractivity contribution in [1.82, 2.24) is 4.90 Å². The Hall–Kier alpha value is -2.90. The van der Waals surface area contributed by atoms with E-state index in [4.69, 9.17) is 0 Å². The Morgan fingerprint density at radius 2 is 2.04 bits per heavy atom. The van der Waals surface area contributed by atoms with Crippen LogP contribution in [0.25, 0.3) is 0 Å². The van der Waals surface area contributed by atoms with Gasteiger partial charge < -0.3 is 10.0 Å². The van der Waals surface area contributed by atoms with E-state index in [9.17, 15) is 14.7 Å². The Morgan fingerprint density at radius 1 is 1.31 bits per heavy atom. The summed E-state index contributed by atoms with van der Waals surface area (Å²) >= 11 is 0. The van der Waals surface area contributed by atoms with E-state index in [0.717, 1.165) is 5.57 Å². The highest BCUT2D eigenvalue weighted by molar-refractivity contribution is 6.09. The molecule has 1 aliphatic rings. The van der Waals surface area contributed by atoms with E-state index in [2.05, 4.69) is 11.8 Å². The molecule has 1 aliphatic carbocycles. The van der Waals surface area contributed by atoms with Crippen molar-refractivity contribution in [1.29, 1.82) is 0 Å². The molecular weight excluding hydrogens is 326 g/mol. The molecule has 0 aliphatic heterocycles. The van der Waals surface area contributed by atoms with Gasteiger partial charge in [-0.1, -0.05) is 35.6 Å². The molecule has 26 heavy (non-hydrogen) atoms. The number of allylic oxidation sites excluding steroid dienone is 4. The number of hydrogen-bond donors (Lipinski definition) is 1. The molecule has 0 radical (unpaired) electrons. The Bertz CT molecular complexity index is 874. The van der Waals surface area contributed by atoms with Crippen LogP contribution < -0.4 is 0 Å². The molecule has 1 N–H and O–H groups in total. The number of carbonyl (C=O) groups is 2. The molecule has 4 nitrogen and oxygen atoms in total. The molecule has 2 rings (SSSR count). The van der Waals surface area contributed by atoms with Crippen LogP contribution in [0, 0.1) is 11.8 Å². The molecule has 1 amide bonds. The summed E-state index contributed by atoms with van der Waals surface area (Å²) in [6.07, 6.45) is 6.41. The molecule has 0 saturated carbocycles. The van der Waals surface area contributed by atoms with Gasteiger partial charge >= 0.3 is 0 Å². The van der Waals surface area contributed by atoms with E-state index in [1.165, 1.54) is 17.1 Å². The fourth-order valence-corrected chi connectivity index (χ4v) is 2.51. The highest BCUT2D eigenvalue weighted by Gasteiger charge is 2.36. The maximum absolute atomic E-state index is 12.0. The molecule has 134 valence electrons. The third-order valence-corrected chi connectivity index (χ3v) is 3.93. The normalized spacial score (nSPS) is 19.9. The lowest BCUT2D eigenvalue weighted by molar-refractivity contribution is -0.112. The first-order valence-corrected chi connectivity index (χ1v) is 8.35. The molecule has 1 aromatic carbocycles. The third kappa shape index (κ3) is 4.59. The van der Waals surface area contributed by atoms with E-state index >= 15 is 0 Å². The SMILES string of the molecule is CC(C)=C/C=C1/C(=O)C=CC1(O)CC#Cc1cccc(C(=O)N(C)C)c1. The maximum Gasteiger partial charge on any atom is 0.253 e. The van der Waals surface area contributed by atoms with Crippen molar-refractivity contribution in [3.05, 3.63) is 70.8 Å². The summed E-state index contributed by atoms with van der Waals surface area (Å²) in [6, 6.07) is 7.03. The summed E-state index contributed by atoms with van der Waals surface area (Å²) in [5.74, 6) is 5.59. The van der Waals surface area contributed by atoms with E-state index in [1.54, 1.807) is 50.5 Å². The zero-order valence-electron chi connectivity index (χ0n) is 15.5. The highest BCUT2D eigenvalue weighted by atomic mass is 16.3. The molecule has 1 aromatic rings. The molecule has 0 heterocycles. The molecule has 1 unspecified atom stereocenters. The van der Waals surface area contributed by atoms with Crippen molar-refractivity contribution in [3.63, 3.8) is 0 Å². The van der Waals surface area contributed by atoms with Crippen LogP contribution in [0.3, 0.4) is 0 Å². The second kappa shape index (κ2) is 7.99. The van der Waals surface area contributed by atoms with Gasteiger partial charge in [-0.05, 0) is 44.2 Å². The van der Waals surface area contributed by atoms with Crippen molar-refractivity contribution in [3.8, 4) is 11.8 Å². The van der Waals surface area contributed by atoms with Gasteiger partial charge in [-0.15, -0.1) is 0 Å². The van der Waals surface area contributed by atoms with Crippen LogP contribution in [-0.4, -0.2) is 41.4 Å². The molecule has 4 heteroatoms. The van der Waals surface area contributed by atoms with Crippen LogP contribution in [-0.2, 0) is 4.79 Å². The largest absolute Gasteiger partial charge is 0.380 e. The van der Waals surface area contributed by atoms with Crippen LogP contribution in [0.1, 0.15) is 36.2 Å². The van der Waals surface area contributed by atoms with Gasteiger partial charge in [-0.25, -0.2) is 0 Å². The Morgan fingerprint density at radius 3 is 2.69 bits per heavy atom. The second-order valence-electron chi connectivity index (χ2n) is 6.71. The van der Waals surface area contributed by atoms with Gasteiger partial charge in [-0.2, -0.15) is 0 Å². The monoisotopic (exact) mass is 349 g/mol. The average molecular weight is 349 g/mol. The van der Waals surface area contributed by atoms with Crippen molar-refractivity contribution >= 4 is 11.7 Å². The average Bonchev–Trinajstić information content (AvgIpc) is 2.87. The fourth-order valence-electron chi connectivity index (χ4n) is 2.51. The number of amides is 1. The van der Waals surface area contributed by atoms with Crippen molar-refractivity contribution in [2.45, 2.75) is 25.9 Å². The van der Waals surface area contributed by atoms with Gasteiger partial charge in [0.2, 0.25) is 0 Å². The smallest absolute Gasteiger partial charge is 0.253 e. The summed E-state index contributed by atoms with van der Waals surface area (Å²) in [6.45, 7) is 3.84. The predicted molar refractivity (Wildman–Crippen MR) is 103 cm³/mol. The van der Waals surface area contributed by atoms with Gasteiger partial charge in [0.05, 0.1) is 0 Å². The van der Waals surface area contributed by atoms with Crippen molar-refractivity contribution in [2.24, 2.45) is 0 Å². The Kier molecular flexibility index (Phi) is 5.97. The topological polar surface area (TPSA) is 57.6 Å². The lowest BCUT2D eigenvalue weighted by atomic mass is 9.92. The molecule has 0 bridgehead atoms. The Labute approximate surface area is 154 Å². The molecule has 0 fully saturated rings. The number of carbonyl (C=O) groups excluding carboxylic acids is 2. The standard InChI is InChI=1S/C22H23NO3/c1-16(2)10-11-19-20(24)12-14-22(19,26)13-6-8-17-7-5-9-18(15-17)21(25)23(3)4/h5,7,9-12,14-15,26H,13H2,1-4H3/b19-11-. The number of hydrogen-bond acceptors (Lipinski definition) is 3. The summed E-state index contributed by atoms with van der Waals surface area (Å²) in [7, 11) is 3.39. The number of benzene rings is 1. The van der Waals surface area contributed by atoms with E-state index in [-0.39, 0.29) is 18.1 Å². The number of rotatable bonds is 3. The minimum atomic E-state index is -1.38. The van der Waals surface area contributed by atoms with Crippen LogP contribution in [0.4, 0.5) is 0 Å². The number of ketones is 1. The lowest BCUT2D eigenvalue weighted by Crippen LogP contribution is -2.27. The fraction of sp³-hybridized carbons (Fsp3) is 0.273. The minimum Gasteiger partial charge on any atom is -0.380 e. The summed E-state index contributed by atoms with van der Waals surface area (Å²) in [5, 5.41) is 10.8. The first kappa shape index (κ1) is 19.4. The number of aliphatic hydroxyl groups is 1. The molecular formula is C22H23NO3. The van der Waals surface area contributed by atoms with Gasteiger partial charge in [0.25, 0.3) is 5.91 Å². The van der Waals surface area contributed by atoms with Gasteiger partial charge in [-0.3, -0.25) is 9.59 Å². The van der Waals surface area contributed by atoms with E-state index in [1.807, 2.05) is 13.8 Å². The van der Waals surface area contributed by atoms with Gasteiger partial charge in [0, 0.05) is 37.2 Å². The molecule has 0 spiro atoms. The van der Waals surface area contributed by atoms with Crippen LogP contribution in [0.5, 0.6) is 0 Å². The minimum absolute atomic E-state index is 0.0939. The van der Waals surface area contributed by atoms with E-state index in [0.29, 0.717) is 16.7 Å². The van der Waals surface area contributed by atoms with Crippen LogP contribution >= 0.6 is 0 Å². The number of nitrogens with zero attached hydrogens (tertiary/aromatic N) is 1. The molecule has 0 aromatic heterocycles. The first-order valence-electron chi connectivity index (χ1n) is 8.35. The van der Waals surface area contributed by atoms with Crippen LogP contribution in [0.2, 0.25) is 0 Å². The summed E-state index contributed by atoms with van der Waals surface area (Å²) in [5.41, 5.74) is 1.22. The zero-order chi connectivity index (χ0) is 19.3. The molecule has 0 saturated heterocycles. The Balaban J connectivity index is 2.21. The van der Waals surface area contributed by atoms with Gasteiger partial charge in [0.1, 0.15) is 5.60 Å². The second-order valence-corrected chi connectivity index (χ2v) is 6.71. The van der Waals surface area contributed by atoms with Gasteiger partial charge in [0.15, 0.2) is 5.78 Å².